The van der Waals surface area contributed by atoms with E-state index in [1.54, 1.807) is 27.6 Å². The Morgan fingerprint density at radius 1 is 1.04 bits per heavy atom. The first-order valence-corrected chi connectivity index (χ1v) is 8.75. The van der Waals surface area contributed by atoms with Gasteiger partial charge in [0.1, 0.15) is 4.47 Å². The molecule has 0 saturated carbocycles. The molecule has 2 aromatic carbocycles. The van der Waals surface area contributed by atoms with Gasteiger partial charge in [-0.2, -0.15) is 0 Å². The molecular formula is C17H14BrCl2N3O. The van der Waals surface area contributed by atoms with Crippen LogP contribution < -0.4 is 10.9 Å². The van der Waals surface area contributed by atoms with E-state index in [9.17, 15) is 4.79 Å². The van der Waals surface area contributed by atoms with Crippen molar-refractivity contribution in [2.24, 2.45) is 7.05 Å². The van der Waals surface area contributed by atoms with Gasteiger partial charge in [-0.15, -0.1) is 0 Å². The van der Waals surface area contributed by atoms with Crippen LogP contribution >= 0.6 is 39.1 Å². The molecule has 1 aromatic heterocycles. The van der Waals surface area contributed by atoms with Gasteiger partial charge in [0.2, 0.25) is 0 Å². The maximum atomic E-state index is 12.6. The van der Waals surface area contributed by atoms with Crippen molar-refractivity contribution in [1.29, 1.82) is 0 Å². The maximum Gasteiger partial charge on any atom is 0.286 e. The van der Waals surface area contributed by atoms with E-state index in [4.69, 9.17) is 23.2 Å². The lowest BCUT2D eigenvalue weighted by Gasteiger charge is -2.13. The molecule has 124 valence electrons. The molecule has 0 atom stereocenters. The third-order valence-corrected chi connectivity index (χ3v) is 5.15. The summed E-state index contributed by atoms with van der Waals surface area (Å²) in [6, 6.07) is 14.8. The fourth-order valence-corrected chi connectivity index (χ4v) is 3.60. The molecule has 0 radical (unpaired) electrons. The minimum atomic E-state index is -0.120. The van der Waals surface area contributed by atoms with Crippen molar-refractivity contribution in [2.75, 3.05) is 5.32 Å². The lowest BCUT2D eigenvalue weighted by Crippen LogP contribution is -2.20. The molecule has 7 heteroatoms. The summed E-state index contributed by atoms with van der Waals surface area (Å²) in [5.41, 5.74) is 2.12. The van der Waals surface area contributed by atoms with Crippen molar-refractivity contribution in [3.8, 4) is 5.69 Å². The second-order valence-corrected chi connectivity index (χ2v) is 6.79. The Morgan fingerprint density at radius 2 is 1.67 bits per heavy atom. The molecule has 0 bridgehead atoms. The topological polar surface area (TPSA) is 39.0 Å². The molecule has 0 spiro atoms. The molecule has 24 heavy (non-hydrogen) atoms. The fourth-order valence-electron chi connectivity index (χ4n) is 2.51. The number of benzene rings is 2. The first kappa shape index (κ1) is 17.1. The number of para-hydroxylation sites is 2. The summed E-state index contributed by atoms with van der Waals surface area (Å²) >= 11 is 15.8. The first-order chi connectivity index (χ1) is 11.5. The van der Waals surface area contributed by atoms with Crippen LogP contribution in [-0.4, -0.2) is 9.36 Å². The van der Waals surface area contributed by atoms with E-state index in [0.29, 0.717) is 26.8 Å². The average Bonchev–Trinajstić information content (AvgIpc) is 2.78. The van der Waals surface area contributed by atoms with Crippen molar-refractivity contribution in [3.05, 3.63) is 79.1 Å². The zero-order chi connectivity index (χ0) is 17.3. The Kier molecular flexibility index (Phi) is 5.04. The third-order valence-electron chi connectivity index (χ3n) is 3.72. The molecule has 0 amide bonds. The van der Waals surface area contributed by atoms with Crippen molar-refractivity contribution < 1.29 is 0 Å². The minimum Gasteiger partial charge on any atom is -0.377 e. The Hall–Kier alpha value is -1.69. The summed E-state index contributed by atoms with van der Waals surface area (Å²) in [4.78, 5) is 12.6. The highest BCUT2D eigenvalue weighted by molar-refractivity contribution is 9.10. The highest BCUT2D eigenvalue weighted by Crippen LogP contribution is 2.30. The SMILES string of the molecule is Cn1c(CNc2c(Cl)cccc2Cl)c(Br)c(=O)n1-c1ccccc1. The number of aromatic nitrogens is 2. The monoisotopic (exact) mass is 425 g/mol. The molecule has 3 rings (SSSR count). The number of rotatable bonds is 4. The summed E-state index contributed by atoms with van der Waals surface area (Å²) in [6.07, 6.45) is 0. The minimum absolute atomic E-state index is 0.120. The van der Waals surface area contributed by atoms with Crippen LogP contribution in [0.15, 0.2) is 57.8 Å². The number of hydrogen-bond donors (Lipinski definition) is 1. The first-order valence-electron chi connectivity index (χ1n) is 7.20. The average molecular weight is 427 g/mol. The summed E-state index contributed by atoms with van der Waals surface area (Å²) in [5.74, 6) is 0. The zero-order valence-electron chi connectivity index (χ0n) is 12.8. The molecule has 0 aliphatic rings. The smallest absolute Gasteiger partial charge is 0.286 e. The van der Waals surface area contributed by atoms with Crippen molar-refractivity contribution >= 4 is 44.8 Å². The lowest BCUT2D eigenvalue weighted by molar-refractivity contribution is 0.620. The molecule has 0 fully saturated rings. The van der Waals surface area contributed by atoms with E-state index in [-0.39, 0.29) is 5.56 Å². The molecule has 1 N–H and O–H groups in total. The van der Waals surface area contributed by atoms with Gasteiger partial charge in [-0.1, -0.05) is 47.5 Å². The highest BCUT2D eigenvalue weighted by Gasteiger charge is 2.17. The van der Waals surface area contributed by atoms with Gasteiger partial charge in [0.05, 0.1) is 33.7 Å². The number of hydrogen-bond acceptors (Lipinski definition) is 2. The van der Waals surface area contributed by atoms with Crippen LogP contribution in [0.5, 0.6) is 0 Å². The number of halogens is 3. The molecular weight excluding hydrogens is 413 g/mol. The van der Waals surface area contributed by atoms with E-state index in [2.05, 4.69) is 21.2 Å². The van der Waals surface area contributed by atoms with Gasteiger partial charge < -0.3 is 5.32 Å². The van der Waals surface area contributed by atoms with Gasteiger partial charge in [0.25, 0.3) is 5.56 Å². The zero-order valence-corrected chi connectivity index (χ0v) is 15.9. The molecule has 0 saturated heterocycles. The van der Waals surface area contributed by atoms with Crippen LogP contribution in [0.2, 0.25) is 10.0 Å². The molecule has 0 aliphatic heterocycles. The Bertz CT molecular complexity index is 915. The molecule has 3 aromatic rings. The Balaban J connectivity index is 1.97. The Morgan fingerprint density at radius 3 is 2.29 bits per heavy atom. The number of nitrogens with zero attached hydrogens (tertiary/aromatic N) is 2. The van der Waals surface area contributed by atoms with Crippen molar-refractivity contribution in [3.63, 3.8) is 0 Å². The van der Waals surface area contributed by atoms with Gasteiger partial charge >= 0.3 is 0 Å². The van der Waals surface area contributed by atoms with Crippen LogP contribution in [0.1, 0.15) is 5.69 Å². The van der Waals surface area contributed by atoms with E-state index >= 15 is 0 Å². The van der Waals surface area contributed by atoms with E-state index in [1.807, 2.05) is 37.4 Å². The quantitative estimate of drug-likeness (QED) is 0.647. The summed E-state index contributed by atoms with van der Waals surface area (Å²) < 4.78 is 3.92. The van der Waals surface area contributed by atoms with Crippen molar-refractivity contribution in [2.45, 2.75) is 6.54 Å². The Labute approximate surface area is 157 Å². The van der Waals surface area contributed by atoms with E-state index < -0.39 is 0 Å². The van der Waals surface area contributed by atoms with E-state index in [0.717, 1.165) is 11.4 Å². The summed E-state index contributed by atoms with van der Waals surface area (Å²) in [7, 11) is 1.84. The lowest BCUT2D eigenvalue weighted by atomic mass is 10.3. The van der Waals surface area contributed by atoms with Gasteiger partial charge in [-0.25, -0.2) is 4.68 Å². The molecule has 0 unspecified atom stereocenters. The fraction of sp³-hybridized carbons (Fsp3) is 0.118. The maximum absolute atomic E-state index is 12.6. The summed E-state index contributed by atoms with van der Waals surface area (Å²) in [5, 5.41) is 4.27. The van der Waals surface area contributed by atoms with Gasteiger partial charge in [-0.3, -0.25) is 9.48 Å². The van der Waals surface area contributed by atoms with Crippen LogP contribution in [0.3, 0.4) is 0 Å². The van der Waals surface area contributed by atoms with Gasteiger partial charge in [0.15, 0.2) is 0 Å². The number of nitrogens with one attached hydrogen (secondary N) is 1. The second kappa shape index (κ2) is 7.05. The van der Waals surface area contributed by atoms with Crippen LogP contribution in [0.25, 0.3) is 5.69 Å². The van der Waals surface area contributed by atoms with Crippen LogP contribution in [0.4, 0.5) is 5.69 Å². The van der Waals surface area contributed by atoms with Gasteiger partial charge in [0, 0.05) is 7.05 Å². The second-order valence-electron chi connectivity index (χ2n) is 5.19. The molecule has 1 heterocycles. The highest BCUT2D eigenvalue weighted by atomic mass is 79.9. The standard InChI is InChI=1S/C17H14BrCl2N3O/c1-22-14(10-21-16-12(19)8-5-9-13(16)20)15(18)17(24)23(22)11-6-3-2-4-7-11/h2-9,21H,10H2,1H3. The molecule has 0 aliphatic carbocycles. The van der Waals surface area contributed by atoms with Crippen LogP contribution in [0, 0.1) is 0 Å². The third kappa shape index (κ3) is 3.11. The molecule has 4 nitrogen and oxygen atoms in total. The normalized spacial score (nSPS) is 10.8. The van der Waals surface area contributed by atoms with Crippen LogP contribution in [-0.2, 0) is 13.6 Å². The van der Waals surface area contributed by atoms with E-state index in [1.165, 1.54) is 0 Å². The predicted octanol–water partition coefficient (Wildman–Crippen LogP) is 4.86. The predicted molar refractivity (Wildman–Crippen MR) is 102 cm³/mol. The van der Waals surface area contributed by atoms with Gasteiger partial charge in [-0.05, 0) is 40.2 Å². The van der Waals surface area contributed by atoms with Crippen molar-refractivity contribution in [1.82, 2.24) is 9.36 Å². The summed E-state index contributed by atoms with van der Waals surface area (Å²) in [6.45, 7) is 0.398. The number of anilines is 1. The largest absolute Gasteiger partial charge is 0.377 e.